The third-order valence-electron chi connectivity index (χ3n) is 19.8. The van der Waals surface area contributed by atoms with Crippen molar-refractivity contribution >= 4 is 70.2 Å². The summed E-state index contributed by atoms with van der Waals surface area (Å²) in [5.74, 6) is -2.62. The number of rotatable bonds is 23. The lowest BCUT2D eigenvalue weighted by Gasteiger charge is -2.36. The van der Waals surface area contributed by atoms with Crippen molar-refractivity contribution in [3.63, 3.8) is 0 Å². The zero-order chi connectivity index (χ0) is 82.3. The Kier molecular flexibility index (Phi) is 30.7. The molecular weight excluding hydrogens is 1500 g/mol. The maximum Gasteiger partial charge on any atom is 0.419 e. The molecule has 604 valence electrons. The minimum Gasteiger partial charge on any atom is -0.506 e. The molecular formula is C86H94ClF5N14O9. The second-order valence-corrected chi connectivity index (χ2v) is 29.3. The fourth-order valence-corrected chi connectivity index (χ4v) is 13.5. The number of anilines is 3. The van der Waals surface area contributed by atoms with Crippen molar-refractivity contribution in [2.75, 3.05) is 73.6 Å². The van der Waals surface area contributed by atoms with Crippen LogP contribution in [0.4, 0.5) is 39.3 Å². The third kappa shape index (κ3) is 24.5. The van der Waals surface area contributed by atoms with Crippen molar-refractivity contribution in [2.24, 2.45) is 28.9 Å². The molecule has 3 aliphatic rings. The number of hydrogen-bond donors (Lipinski definition) is 5. The molecule has 9 N–H and O–H groups in total. The molecule has 9 aromatic rings. The molecule has 0 aliphatic carbocycles. The first-order valence-electron chi connectivity index (χ1n) is 38.1. The van der Waals surface area contributed by atoms with Crippen LogP contribution in [0.3, 0.4) is 0 Å². The normalized spacial score (nSPS) is 16.3. The van der Waals surface area contributed by atoms with Gasteiger partial charge >= 0.3 is 6.18 Å². The number of benzene rings is 6. The highest BCUT2D eigenvalue weighted by Crippen LogP contribution is 2.34. The summed E-state index contributed by atoms with van der Waals surface area (Å²) >= 11 is 5.92. The van der Waals surface area contributed by atoms with Crippen LogP contribution in [0, 0.1) is 17.6 Å². The average molecular weight is 1600 g/mol. The van der Waals surface area contributed by atoms with Gasteiger partial charge in [0.15, 0.2) is 5.82 Å². The molecule has 6 amide bonds. The first-order chi connectivity index (χ1) is 55.1. The predicted molar refractivity (Wildman–Crippen MR) is 429 cm³/mol. The van der Waals surface area contributed by atoms with E-state index in [1.54, 1.807) is 93.7 Å². The number of ether oxygens (including phenoxy) is 1. The number of nitrogens with two attached hydrogens (primary N) is 4. The van der Waals surface area contributed by atoms with E-state index in [1.165, 1.54) is 57.4 Å². The number of carbonyl (C=O) groups is 7. The molecule has 3 fully saturated rings. The molecule has 29 heteroatoms. The lowest BCUT2D eigenvalue weighted by molar-refractivity contribution is -0.140. The Labute approximate surface area is 669 Å². The molecule has 3 aliphatic heterocycles. The lowest BCUT2D eigenvalue weighted by atomic mass is 10.00. The number of aryl methyl sites for hydroxylation is 1. The highest BCUT2D eigenvalue weighted by molar-refractivity contribution is 6.32. The Bertz CT molecular complexity index is 4780. The number of pyridine rings is 2. The second kappa shape index (κ2) is 41.0. The number of alkyl halides is 3. The second-order valence-electron chi connectivity index (χ2n) is 28.9. The highest BCUT2D eigenvalue weighted by atomic mass is 35.5. The van der Waals surface area contributed by atoms with Crippen LogP contribution in [0.1, 0.15) is 115 Å². The summed E-state index contributed by atoms with van der Waals surface area (Å²) in [6.07, 6.45) is 5.36. The number of ketones is 1. The number of amides is 6. The minimum atomic E-state index is -4.81. The van der Waals surface area contributed by atoms with Crippen LogP contribution in [0.5, 0.6) is 11.5 Å². The van der Waals surface area contributed by atoms with Crippen molar-refractivity contribution < 1.29 is 65.4 Å². The van der Waals surface area contributed by atoms with Gasteiger partial charge in [0, 0.05) is 111 Å². The fourth-order valence-electron chi connectivity index (χ4n) is 13.3. The zero-order valence-corrected chi connectivity index (χ0v) is 64.7. The van der Waals surface area contributed by atoms with Crippen molar-refractivity contribution in [2.45, 2.75) is 121 Å². The first kappa shape index (κ1) is 86.0. The molecule has 6 aromatic carbocycles. The number of aromatic hydroxyl groups is 1. The average Bonchev–Trinajstić information content (AvgIpc) is 0.860. The highest BCUT2D eigenvalue weighted by Gasteiger charge is 2.36. The summed E-state index contributed by atoms with van der Waals surface area (Å²) in [6, 6.07) is 46.9. The van der Waals surface area contributed by atoms with E-state index in [1.807, 2.05) is 74.5 Å². The van der Waals surface area contributed by atoms with Crippen LogP contribution in [0.2, 0.25) is 5.02 Å². The van der Waals surface area contributed by atoms with Gasteiger partial charge in [0.25, 0.3) is 11.8 Å². The Morgan fingerprint density at radius 1 is 0.591 bits per heavy atom. The monoisotopic (exact) mass is 1600 g/mol. The maximum atomic E-state index is 14.5. The van der Waals surface area contributed by atoms with Crippen molar-refractivity contribution in [3.05, 3.63) is 245 Å². The number of carbonyl (C=O) groups excluding carboxylic acids is 7. The van der Waals surface area contributed by atoms with Crippen LogP contribution >= 0.6 is 11.6 Å². The van der Waals surface area contributed by atoms with Gasteiger partial charge in [-0.25, -0.2) is 23.7 Å². The molecule has 0 radical (unpaired) electrons. The number of nitrogens with zero attached hydrogens (tertiary/aromatic N) is 10. The number of hydrogen-bond acceptors (Lipinski definition) is 17. The quantitative estimate of drug-likeness (QED) is 0.0372. The van der Waals surface area contributed by atoms with E-state index in [9.17, 15) is 60.6 Å². The third-order valence-corrected chi connectivity index (χ3v) is 20.1. The number of aromatic nitrogens is 4. The molecule has 6 heterocycles. The van der Waals surface area contributed by atoms with Crippen LogP contribution < -0.4 is 42.4 Å². The van der Waals surface area contributed by atoms with E-state index in [2.05, 4.69) is 19.9 Å². The molecule has 4 unspecified atom stereocenters. The van der Waals surface area contributed by atoms with Gasteiger partial charge in [-0.1, -0.05) is 129 Å². The number of likely N-dealkylation sites (tertiary alicyclic amines) is 3. The Morgan fingerprint density at radius 3 is 1.91 bits per heavy atom. The lowest BCUT2D eigenvalue weighted by Crippen LogP contribution is -2.56. The number of Topliss-reactive ketones (excluding diaryl/α,β-unsaturated/α-hetero) is 1. The fraction of sp³-hybridized carbons (Fsp3) is 0.337. The molecule has 3 aromatic heterocycles. The van der Waals surface area contributed by atoms with Gasteiger partial charge < -0.3 is 47.5 Å². The molecule has 0 bridgehead atoms. The SMILES string of the molecule is CC(C)C(=O)Cc1ccc(C(=O)N(CC(=O)N2CC(N)CC(N)C2)c2ccc(-c3ccccc3F)nc2)cc1.NC1CCCCN(C(=O)CN(C(=O)CCCc2cccc(C(F)(F)F)c2F)c2ccc(OCc3ccccc3)cn2)C1.NC1CCCN(C(=O)CN(C(=O)c2ccc(Cl)c(O)c2)c2ccnc(-c3ccccc3)n2)CC1. The molecule has 23 nitrogen and oxygen atoms in total. The summed E-state index contributed by atoms with van der Waals surface area (Å²) < 4.78 is 73.8. The van der Waals surface area contributed by atoms with E-state index in [0.717, 1.165) is 61.3 Å². The van der Waals surface area contributed by atoms with E-state index < -0.39 is 41.1 Å². The Balaban J connectivity index is 0.000000183. The van der Waals surface area contributed by atoms with Gasteiger partial charge in [0.05, 0.1) is 34.4 Å². The molecule has 4 atom stereocenters. The summed E-state index contributed by atoms with van der Waals surface area (Å²) in [5, 5.41) is 10.2. The van der Waals surface area contributed by atoms with Crippen LogP contribution in [-0.4, -0.2) is 164 Å². The van der Waals surface area contributed by atoms with E-state index in [-0.39, 0.29) is 132 Å². The largest absolute Gasteiger partial charge is 0.506 e. The van der Waals surface area contributed by atoms with Crippen LogP contribution in [0.15, 0.2) is 195 Å². The first-order valence-corrected chi connectivity index (χ1v) is 38.5. The van der Waals surface area contributed by atoms with Gasteiger partial charge in [-0.2, -0.15) is 13.2 Å². The van der Waals surface area contributed by atoms with Gasteiger partial charge in [-0.05, 0) is 147 Å². The van der Waals surface area contributed by atoms with E-state index in [0.29, 0.717) is 92.4 Å². The molecule has 0 saturated carbocycles. The summed E-state index contributed by atoms with van der Waals surface area (Å²) in [7, 11) is 0. The summed E-state index contributed by atoms with van der Waals surface area (Å²) in [6.45, 7) is 6.07. The van der Waals surface area contributed by atoms with Gasteiger partial charge in [0.1, 0.15) is 66.8 Å². The molecule has 115 heavy (non-hydrogen) atoms. The molecule has 12 rings (SSSR count). The minimum absolute atomic E-state index is 0.0721. The Morgan fingerprint density at radius 2 is 1.23 bits per heavy atom. The Hall–Kier alpha value is -11.4. The standard InChI is InChI=1S/C31H34F4N4O3.C30H34FN5O3.C25H26ClN5O3/c32-30-23(10-6-13-26(30)31(33,34)35)11-7-14-28(40)39(20-29(41)38-17-5-4-12-24(36)19-38)27-16-15-25(18-37-27)42-21-22-8-2-1-3-9-22;1-19(2)28(37)13-20-7-9-21(10-8-20)30(39)36(18-29(38)35-16-22(32)14-23(33)17-35)24-11-12-27(34-15-24)25-5-3-4-6-26(25)31;26-20-9-8-18(15-21(20)32)25(34)31(16-23(33)30-13-4-7-19(27)11-14-30)22-10-12-28-24(29-22)17-5-2-1-3-6-17/h1-3,6,8-10,13,15-16,18,24H,4-5,7,11-12,14,17,19-21,36H2;3-12,15,19,22-23H,13-14,16-18,32-33H2,1-2H3;1-3,5-6,8-10,12,15,19,32H,4,7,11,13-14,16,27H2. The predicted octanol–water partition coefficient (Wildman–Crippen LogP) is 12.2. The van der Waals surface area contributed by atoms with Gasteiger partial charge in [0.2, 0.25) is 23.6 Å². The topological polar surface area (TPSA) is 324 Å². The summed E-state index contributed by atoms with van der Waals surface area (Å²) in [5.41, 5.74) is 27.1. The summed E-state index contributed by atoms with van der Waals surface area (Å²) in [4.78, 5) is 119. The smallest absolute Gasteiger partial charge is 0.419 e. The van der Waals surface area contributed by atoms with Gasteiger partial charge in [-0.3, -0.25) is 53.2 Å². The van der Waals surface area contributed by atoms with Crippen LogP contribution in [0.25, 0.3) is 22.6 Å². The maximum absolute atomic E-state index is 14.5. The zero-order valence-electron chi connectivity index (χ0n) is 64.0. The van der Waals surface area contributed by atoms with Crippen molar-refractivity contribution in [1.29, 1.82) is 0 Å². The number of phenolic OH excluding ortho intramolecular Hbond substituents is 1. The number of halogens is 6. The van der Waals surface area contributed by atoms with Gasteiger partial charge in [-0.15, -0.1) is 0 Å². The molecule has 3 saturated heterocycles. The van der Waals surface area contributed by atoms with Crippen molar-refractivity contribution in [1.82, 2.24) is 34.6 Å². The van der Waals surface area contributed by atoms with E-state index in [4.69, 9.17) is 39.3 Å². The number of piperidine rings is 1. The van der Waals surface area contributed by atoms with Crippen molar-refractivity contribution in [3.8, 4) is 34.1 Å². The molecule has 0 spiro atoms. The van der Waals surface area contributed by atoms with Crippen LogP contribution in [-0.2, 0) is 49.6 Å². The van der Waals surface area contributed by atoms with E-state index >= 15 is 0 Å². The number of phenols is 1.